The number of nitrogens with one attached hydrogen (secondary N) is 1. The number of benzene rings is 1. The van der Waals surface area contributed by atoms with Crippen molar-refractivity contribution in [2.75, 3.05) is 20.3 Å². The van der Waals surface area contributed by atoms with Crippen molar-refractivity contribution in [2.24, 2.45) is 5.92 Å². The van der Waals surface area contributed by atoms with Crippen molar-refractivity contribution in [3.05, 3.63) is 36.2 Å². The standard InChI is InChI=1S/C15H19N3O/c1-16-15(11-6-8-19-9-7-11)14-10-17-12-4-2-3-5-13(12)18-14/h2-5,10-11,15-16H,6-9H2,1H3. The molecule has 1 N–H and O–H groups in total. The lowest BCUT2D eigenvalue weighted by Gasteiger charge is -2.29. The van der Waals surface area contributed by atoms with Gasteiger partial charge in [0.25, 0.3) is 0 Å². The highest BCUT2D eigenvalue weighted by molar-refractivity contribution is 5.73. The van der Waals surface area contributed by atoms with E-state index in [9.17, 15) is 0 Å². The highest BCUT2D eigenvalue weighted by Gasteiger charge is 2.25. The molecule has 19 heavy (non-hydrogen) atoms. The van der Waals surface area contributed by atoms with Gasteiger partial charge in [-0.05, 0) is 37.9 Å². The minimum Gasteiger partial charge on any atom is -0.381 e. The number of fused-ring (bicyclic) bond motifs is 1. The van der Waals surface area contributed by atoms with Gasteiger partial charge in [0.05, 0.1) is 29.0 Å². The molecular weight excluding hydrogens is 238 g/mol. The summed E-state index contributed by atoms with van der Waals surface area (Å²) < 4.78 is 5.44. The molecule has 3 rings (SSSR count). The molecule has 0 bridgehead atoms. The van der Waals surface area contributed by atoms with Crippen LogP contribution in [0.1, 0.15) is 24.6 Å². The molecule has 4 heteroatoms. The number of hydrogen-bond donors (Lipinski definition) is 1. The highest BCUT2D eigenvalue weighted by atomic mass is 16.5. The Hall–Kier alpha value is -1.52. The van der Waals surface area contributed by atoms with Gasteiger partial charge in [0.2, 0.25) is 0 Å². The molecule has 1 unspecified atom stereocenters. The normalized spacial score (nSPS) is 18.6. The number of hydrogen-bond acceptors (Lipinski definition) is 4. The molecule has 1 fully saturated rings. The van der Waals surface area contributed by atoms with Gasteiger partial charge in [-0.3, -0.25) is 4.98 Å². The van der Waals surface area contributed by atoms with E-state index in [1.807, 2.05) is 37.5 Å². The summed E-state index contributed by atoms with van der Waals surface area (Å²) in [7, 11) is 2.00. The molecule has 0 amide bonds. The van der Waals surface area contributed by atoms with Gasteiger partial charge in [-0.1, -0.05) is 12.1 Å². The third-order valence-electron chi connectivity index (χ3n) is 3.83. The first kappa shape index (κ1) is 12.5. The maximum atomic E-state index is 5.44. The first-order valence-corrected chi connectivity index (χ1v) is 6.85. The lowest BCUT2D eigenvalue weighted by atomic mass is 9.90. The Morgan fingerprint density at radius 3 is 2.68 bits per heavy atom. The molecule has 0 saturated carbocycles. The lowest BCUT2D eigenvalue weighted by molar-refractivity contribution is 0.0541. The number of nitrogens with zero attached hydrogens (tertiary/aromatic N) is 2. The van der Waals surface area contributed by atoms with Gasteiger partial charge in [0, 0.05) is 13.2 Å². The average molecular weight is 257 g/mol. The second-order valence-electron chi connectivity index (χ2n) is 5.00. The summed E-state index contributed by atoms with van der Waals surface area (Å²) >= 11 is 0. The van der Waals surface area contributed by atoms with E-state index in [2.05, 4.69) is 10.3 Å². The van der Waals surface area contributed by atoms with Crippen LogP contribution in [0.25, 0.3) is 11.0 Å². The van der Waals surface area contributed by atoms with Crippen LogP contribution in [0.2, 0.25) is 0 Å². The summed E-state index contributed by atoms with van der Waals surface area (Å²) in [6.07, 6.45) is 4.07. The summed E-state index contributed by atoms with van der Waals surface area (Å²) in [5.41, 5.74) is 2.95. The van der Waals surface area contributed by atoms with Crippen LogP contribution in [0.4, 0.5) is 0 Å². The fourth-order valence-electron chi connectivity index (χ4n) is 2.80. The molecular formula is C15H19N3O. The maximum Gasteiger partial charge on any atom is 0.0890 e. The summed E-state index contributed by atoms with van der Waals surface area (Å²) in [6, 6.07) is 8.27. The van der Waals surface area contributed by atoms with Crippen molar-refractivity contribution in [1.82, 2.24) is 15.3 Å². The van der Waals surface area contributed by atoms with E-state index in [0.29, 0.717) is 5.92 Å². The van der Waals surface area contributed by atoms with E-state index >= 15 is 0 Å². The van der Waals surface area contributed by atoms with E-state index in [4.69, 9.17) is 9.72 Å². The smallest absolute Gasteiger partial charge is 0.0890 e. The minimum absolute atomic E-state index is 0.265. The largest absolute Gasteiger partial charge is 0.381 e. The molecule has 100 valence electrons. The summed E-state index contributed by atoms with van der Waals surface area (Å²) in [6.45, 7) is 1.70. The van der Waals surface area contributed by atoms with Gasteiger partial charge in [-0.15, -0.1) is 0 Å². The van der Waals surface area contributed by atoms with Gasteiger partial charge < -0.3 is 10.1 Å². The van der Waals surface area contributed by atoms with E-state index in [0.717, 1.165) is 42.8 Å². The van der Waals surface area contributed by atoms with Crippen molar-refractivity contribution in [2.45, 2.75) is 18.9 Å². The first-order chi connectivity index (χ1) is 9.38. The SMILES string of the molecule is CNC(c1cnc2ccccc2n1)C1CCOCC1. The van der Waals surface area contributed by atoms with Gasteiger partial charge in [0.1, 0.15) is 0 Å². The van der Waals surface area contributed by atoms with Crippen molar-refractivity contribution in [3.63, 3.8) is 0 Å². The number of ether oxygens (including phenoxy) is 1. The minimum atomic E-state index is 0.265. The van der Waals surface area contributed by atoms with Gasteiger partial charge >= 0.3 is 0 Å². The molecule has 0 aliphatic carbocycles. The molecule has 2 aromatic rings. The van der Waals surface area contributed by atoms with Crippen LogP contribution in [-0.4, -0.2) is 30.2 Å². The van der Waals surface area contributed by atoms with Crippen molar-refractivity contribution < 1.29 is 4.74 Å². The Balaban J connectivity index is 1.91. The van der Waals surface area contributed by atoms with E-state index in [1.54, 1.807) is 0 Å². The van der Waals surface area contributed by atoms with Gasteiger partial charge in [-0.25, -0.2) is 4.98 Å². The summed E-state index contributed by atoms with van der Waals surface area (Å²) in [5, 5.41) is 3.39. The quantitative estimate of drug-likeness (QED) is 0.916. The molecule has 2 heterocycles. The predicted octanol–water partition coefficient (Wildman–Crippen LogP) is 2.32. The molecule has 1 saturated heterocycles. The van der Waals surface area contributed by atoms with Crippen LogP contribution in [0.15, 0.2) is 30.5 Å². The van der Waals surface area contributed by atoms with E-state index in [-0.39, 0.29) is 6.04 Å². The second-order valence-corrected chi connectivity index (χ2v) is 5.00. The molecule has 1 aliphatic heterocycles. The Bertz CT molecular complexity index is 552. The van der Waals surface area contributed by atoms with Crippen LogP contribution >= 0.6 is 0 Å². The predicted molar refractivity (Wildman–Crippen MR) is 74.9 cm³/mol. The number of rotatable bonds is 3. The van der Waals surface area contributed by atoms with Crippen molar-refractivity contribution in [1.29, 1.82) is 0 Å². The fraction of sp³-hybridized carbons (Fsp3) is 0.467. The molecule has 0 radical (unpaired) electrons. The zero-order valence-electron chi connectivity index (χ0n) is 11.2. The molecule has 1 aromatic carbocycles. The zero-order valence-corrected chi connectivity index (χ0v) is 11.2. The summed E-state index contributed by atoms with van der Waals surface area (Å²) in [4.78, 5) is 9.27. The van der Waals surface area contributed by atoms with Crippen molar-refractivity contribution in [3.8, 4) is 0 Å². The van der Waals surface area contributed by atoms with Crippen LogP contribution < -0.4 is 5.32 Å². The highest BCUT2D eigenvalue weighted by Crippen LogP contribution is 2.29. The molecule has 1 aromatic heterocycles. The third kappa shape index (κ3) is 2.60. The molecule has 1 atom stereocenters. The molecule has 1 aliphatic rings. The monoisotopic (exact) mass is 257 g/mol. The molecule has 4 nitrogen and oxygen atoms in total. The van der Waals surface area contributed by atoms with Crippen LogP contribution in [0.3, 0.4) is 0 Å². The maximum absolute atomic E-state index is 5.44. The average Bonchev–Trinajstić information content (AvgIpc) is 2.49. The van der Waals surface area contributed by atoms with Crippen LogP contribution in [0.5, 0.6) is 0 Å². The third-order valence-corrected chi connectivity index (χ3v) is 3.83. The zero-order chi connectivity index (χ0) is 13.1. The van der Waals surface area contributed by atoms with Gasteiger partial charge in [0.15, 0.2) is 0 Å². The summed E-state index contributed by atoms with van der Waals surface area (Å²) in [5.74, 6) is 0.578. The number of aromatic nitrogens is 2. The fourth-order valence-corrected chi connectivity index (χ4v) is 2.80. The topological polar surface area (TPSA) is 47.0 Å². The lowest BCUT2D eigenvalue weighted by Crippen LogP contribution is -2.30. The molecule has 0 spiro atoms. The second kappa shape index (κ2) is 5.63. The van der Waals surface area contributed by atoms with E-state index in [1.165, 1.54) is 0 Å². The Morgan fingerprint density at radius 1 is 1.21 bits per heavy atom. The Labute approximate surface area is 113 Å². The van der Waals surface area contributed by atoms with Crippen LogP contribution in [0, 0.1) is 5.92 Å². The van der Waals surface area contributed by atoms with Crippen molar-refractivity contribution >= 4 is 11.0 Å². The Kier molecular flexibility index (Phi) is 3.71. The Morgan fingerprint density at radius 2 is 1.95 bits per heavy atom. The van der Waals surface area contributed by atoms with Gasteiger partial charge in [-0.2, -0.15) is 0 Å². The van der Waals surface area contributed by atoms with Crippen LogP contribution in [-0.2, 0) is 4.74 Å². The first-order valence-electron chi connectivity index (χ1n) is 6.85. The number of para-hydroxylation sites is 2. The van der Waals surface area contributed by atoms with E-state index < -0.39 is 0 Å².